The van der Waals surface area contributed by atoms with Crippen LogP contribution in [0.5, 0.6) is 11.5 Å². The molecule has 6 heteroatoms. The largest absolute Gasteiger partial charge is 0.493 e. The number of methoxy groups -OCH3 is 2. The summed E-state index contributed by atoms with van der Waals surface area (Å²) in [6.07, 6.45) is 7.36. The first-order valence-corrected chi connectivity index (χ1v) is 11.1. The number of aliphatic imine (C=N–C) groups is 1. The average Bonchev–Trinajstić information content (AvgIpc) is 2.74. The van der Waals surface area contributed by atoms with E-state index in [-0.39, 0.29) is 0 Å². The lowest BCUT2D eigenvalue weighted by molar-refractivity contribution is 0.158. The second-order valence-electron chi connectivity index (χ2n) is 7.71. The topological polar surface area (TPSA) is 58.1 Å². The van der Waals surface area contributed by atoms with Crippen molar-refractivity contribution in [3.05, 3.63) is 23.8 Å². The lowest BCUT2D eigenvalue weighted by atomic mass is 10.0. The van der Waals surface area contributed by atoms with Crippen molar-refractivity contribution in [2.75, 3.05) is 46.9 Å². The van der Waals surface area contributed by atoms with Gasteiger partial charge in [-0.25, -0.2) is 0 Å². The van der Waals surface area contributed by atoms with Gasteiger partial charge in [-0.1, -0.05) is 12.5 Å². The van der Waals surface area contributed by atoms with Crippen LogP contribution in [0, 0.1) is 0 Å². The maximum Gasteiger partial charge on any atom is 0.191 e. The van der Waals surface area contributed by atoms with Gasteiger partial charge in [0.05, 0.1) is 14.2 Å². The van der Waals surface area contributed by atoms with Crippen molar-refractivity contribution >= 4 is 5.96 Å². The van der Waals surface area contributed by atoms with Crippen LogP contribution in [0.1, 0.15) is 51.5 Å². The van der Waals surface area contributed by atoms with Gasteiger partial charge in [0.25, 0.3) is 0 Å². The number of guanidine groups is 1. The highest BCUT2D eigenvalue weighted by molar-refractivity contribution is 5.79. The monoisotopic (exact) mass is 404 g/mol. The molecule has 1 heterocycles. The van der Waals surface area contributed by atoms with E-state index in [9.17, 15) is 0 Å². The zero-order chi connectivity index (χ0) is 20.9. The van der Waals surface area contributed by atoms with E-state index < -0.39 is 0 Å². The molecule has 1 saturated heterocycles. The summed E-state index contributed by atoms with van der Waals surface area (Å²) < 4.78 is 10.7. The molecule has 29 heavy (non-hydrogen) atoms. The van der Waals surface area contributed by atoms with Gasteiger partial charge >= 0.3 is 0 Å². The molecule has 1 aliphatic heterocycles. The van der Waals surface area contributed by atoms with Crippen LogP contribution < -0.4 is 20.1 Å². The Morgan fingerprint density at radius 1 is 1.14 bits per heavy atom. The van der Waals surface area contributed by atoms with Gasteiger partial charge in [-0.05, 0) is 76.7 Å². The number of rotatable bonds is 11. The first kappa shape index (κ1) is 23.3. The zero-order valence-corrected chi connectivity index (χ0v) is 18.8. The Balaban J connectivity index is 1.71. The molecule has 2 N–H and O–H groups in total. The molecule has 1 aromatic carbocycles. The molecular weight excluding hydrogens is 364 g/mol. The number of likely N-dealkylation sites (tertiary alicyclic amines) is 1. The van der Waals surface area contributed by atoms with E-state index in [4.69, 9.17) is 14.5 Å². The predicted octanol–water partition coefficient (Wildman–Crippen LogP) is 3.46. The SMILES string of the molecule is CCNC(=NCCCCN1CCCCC1C)NCCc1ccc(OC)c(OC)c1. The van der Waals surface area contributed by atoms with E-state index in [1.165, 1.54) is 44.3 Å². The summed E-state index contributed by atoms with van der Waals surface area (Å²) in [4.78, 5) is 7.38. The molecule has 1 aliphatic rings. The Morgan fingerprint density at radius 2 is 1.97 bits per heavy atom. The first-order valence-electron chi connectivity index (χ1n) is 11.1. The maximum absolute atomic E-state index is 5.38. The van der Waals surface area contributed by atoms with Gasteiger partial charge in [0.1, 0.15) is 0 Å². The summed E-state index contributed by atoms with van der Waals surface area (Å²) in [6.45, 7) is 9.50. The Bertz CT molecular complexity index is 621. The van der Waals surface area contributed by atoms with Crippen LogP contribution in [0.4, 0.5) is 0 Å². The summed E-state index contributed by atoms with van der Waals surface area (Å²) in [5.74, 6) is 2.44. The van der Waals surface area contributed by atoms with Gasteiger partial charge in [-0.2, -0.15) is 0 Å². The summed E-state index contributed by atoms with van der Waals surface area (Å²) in [5, 5.41) is 6.78. The van der Waals surface area contributed by atoms with Crippen LogP contribution in [0.15, 0.2) is 23.2 Å². The Kier molecular flexibility index (Phi) is 10.7. The molecule has 0 amide bonds. The highest BCUT2D eigenvalue weighted by Crippen LogP contribution is 2.27. The third-order valence-corrected chi connectivity index (χ3v) is 5.56. The number of hydrogen-bond donors (Lipinski definition) is 2. The third kappa shape index (κ3) is 8.13. The number of piperidine rings is 1. The molecule has 0 radical (unpaired) electrons. The van der Waals surface area contributed by atoms with Crippen LogP contribution in [0.25, 0.3) is 0 Å². The smallest absolute Gasteiger partial charge is 0.191 e. The van der Waals surface area contributed by atoms with Crippen molar-refractivity contribution in [2.24, 2.45) is 4.99 Å². The summed E-state index contributed by atoms with van der Waals surface area (Å²) in [7, 11) is 3.33. The quantitative estimate of drug-likeness (QED) is 0.336. The number of hydrogen-bond acceptors (Lipinski definition) is 4. The summed E-state index contributed by atoms with van der Waals surface area (Å²) >= 11 is 0. The van der Waals surface area contributed by atoms with Crippen molar-refractivity contribution < 1.29 is 9.47 Å². The van der Waals surface area contributed by atoms with Crippen molar-refractivity contribution in [1.29, 1.82) is 0 Å². The molecule has 0 saturated carbocycles. The van der Waals surface area contributed by atoms with Gasteiger partial charge in [-0.3, -0.25) is 4.99 Å². The van der Waals surface area contributed by atoms with Crippen LogP contribution in [-0.2, 0) is 6.42 Å². The molecule has 0 aliphatic carbocycles. The molecule has 6 nitrogen and oxygen atoms in total. The number of benzene rings is 1. The lowest BCUT2D eigenvalue weighted by Gasteiger charge is -2.33. The summed E-state index contributed by atoms with van der Waals surface area (Å²) in [5.41, 5.74) is 1.21. The van der Waals surface area contributed by atoms with Crippen LogP contribution in [0.2, 0.25) is 0 Å². The van der Waals surface area contributed by atoms with E-state index in [0.29, 0.717) is 0 Å². The normalized spacial score (nSPS) is 17.8. The first-order chi connectivity index (χ1) is 14.2. The zero-order valence-electron chi connectivity index (χ0n) is 18.8. The number of nitrogens with one attached hydrogen (secondary N) is 2. The Labute approximate surface area is 177 Å². The van der Waals surface area contributed by atoms with Crippen LogP contribution in [-0.4, -0.2) is 63.8 Å². The second-order valence-corrected chi connectivity index (χ2v) is 7.71. The standard InChI is InChI=1S/C23H40N4O2/c1-5-24-23(25-14-7-9-17-27-16-8-6-10-19(27)2)26-15-13-20-11-12-21(28-3)22(18-20)29-4/h11-12,18-19H,5-10,13-17H2,1-4H3,(H2,24,25,26). The van der Waals surface area contributed by atoms with Crippen molar-refractivity contribution in [3.63, 3.8) is 0 Å². The van der Waals surface area contributed by atoms with E-state index in [1.807, 2.05) is 12.1 Å². The van der Waals surface area contributed by atoms with E-state index in [0.717, 1.165) is 56.0 Å². The number of unbranched alkanes of at least 4 members (excludes halogenated alkanes) is 1. The second kappa shape index (κ2) is 13.3. The Morgan fingerprint density at radius 3 is 2.69 bits per heavy atom. The number of nitrogens with zero attached hydrogens (tertiary/aromatic N) is 2. The molecular formula is C23H40N4O2. The molecule has 1 atom stereocenters. The highest BCUT2D eigenvalue weighted by atomic mass is 16.5. The highest BCUT2D eigenvalue weighted by Gasteiger charge is 2.16. The minimum absolute atomic E-state index is 0.753. The molecule has 1 unspecified atom stereocenters. The molecule has 0 spiro atoms. The minimum atomic E-state index is 0.753. The van der Waals surface area contributed by atoms with E-state index in [2.05, 4.69) is 35.4 Å². The molecule has 0 aromatic heterocycles. The van der Waals surface area contributed by atoms with Gasteiger partial charge in [0.15, 0.2) is 17.5 Å². The number of ether oxygens (including phenoxy) is 2. The van der Waals surface area contributed by atoms with Crippen LogP contribution >= 0.6 is 0 Å². The van der Waals surface area contributed by atoms with Crippen molar-refractivity contribution in [3.8, 4) is 11.5 Å². The van der Waals surface area contributed by atoms with E-state index >= 15 is 0 Å². The van der Waals surface area contributed by atoms with Gasteiger partial charge in [0, 0.05) is 25.7 Å². The lowest BCUT2D eigenvalue weighted by Crippen LogP contribution is -2.38. The average molecular weight is 405 g/mol. The minimum Gasteiger partial charge on any atom is -0.493 e. The Hall–Kier alpha value is -1.95. The maximum atomic E-state index is 5.38. The molecule has 2 rings (SSSR count). The van der Waals surface area contributed by atoms with Crippen molar-refractivity contribution in [2.45, 2.75) is 58.4 Å². The fourth-order valence-corrected chi connectivity index (χ4v) is 3.81. The van der Waals surface area contributed by atoms with E-state index in [1.54, 1.807) is 14.2 Å². The molecule has 164 valence electrons. The molecule has 0 bridgehead atoms. The third-order valence-electron chi connectivity index (χ3n) is 5.56. The fraction of sp³-hybridized carbons (Fsp3) is 0.696. The molecule has 1 fully saturated rings. The molecule has 1 aromatic rings. The van der Waals surface area contributed by atoms with Gasteiger partial charge in [-0.15, -0.1) is 0 Å². The van der Waals surface area contributed by atoms with Gasteiger partial charge < -0.3 is 25.0 Å². The van der Waals surface area contributed by atoms with Crippen molar-refractivity contribution in [1.82, 2.24) is 15.5 Å². The van der Waals surface area contributed by atoms with Crippen LogP contribution in [0.3, 0.4) is 0 Å². The fourth-order valence-electron chi connectivity index (χ4n) is 3.81. The van der Waals surface area contributed by atoms with Gasteiger partial charge in [0.2, 0.25) is 0 Å². The summed E-state index contributed by atoms with van der Waals surface area (Å²) in [6, 6.07) is 6.82. The predicted molar refractivity (Wildman–Crippen MR) is 121 cm³/mol.